The van der Waals surface area contributed by atoms with Gasteiger partial charge in [0.25, 0.3) is 5.91 Å². The lowest BCUT2D eigenvalue weighted by Gasteiger charge is -2.52. The quantitative estimate of drug-likeness (QED) is 0.468. The second kappa shape index (κ2) is 5.94. The molecule has 2 fully saturated rings. The van der Waals surface area contributed by atoms with Gasteiger partial charge >= 0.3 is 0 Å². The Morgan fingerprint density at radius 1 is 1.40 bits per heavy atom. The van der Waals surface area contributed by atoms with E-state index in [1.54, 1.807) is 38.1 Å². The summed E-state index contributed by atoms with van der Waals surface area (Å²) in [7, 11) is 1.52. The highest BCUT2D eigenvalue weighted by Gasteiger charge is 2.68. The van der Waals surface area contributed by atoms with Crippen molar-refractivity contribution >= 4 is 11.6 Å². The van der Waals surface area contributed by atoms with Gasteiger partial charge in [0.1, 0.15) is 17.9 Å². The lowest BCUT2D eigenvalue weighted by molar-refractivity contribution is -0.500. The fraction of sp³-hybridized carbons (Fsp3) is 0.562. The molecule has 9 heteroatoms. The fourth-order valence-corrected chi connectivity index (χ4v) is 3.33. The van der Waals surface area contributed by atoms with Gasteiger partial charge in [0.05, 0.1) is 13.7 Å². The maximum absolute atomic E-state index is 12.5. The first-order valence-electron chi connectivity index (χ1n) is 7.81. The molecule has 3 rings (SSSR count). The van der Waals surface area contributed by atoms with Crippen LogP contribution in [0, 0.1) is 10.1 Å². The fourth-order valence-electron chi connectivity index (χ4n) is 3.33. The van der Waals surface area contributed by atoms with Crippen LogP contribution in [0.3, 0.4) is 0 Å². The van der Waals surface area contributed by atoms with Gasteiger partial charge in [0.2, 0.25) is 12.1 Å². The molecule has 0 aliphatic carbocycles. The predicted octanol–water partition coefficient (Wildman–Crippen LogP) is 0.570. The molecule has 2 saturated heterocycles. The number of aliphatic hydroxyl groups is 1. The van der Waals surface area contributed by atoms with Crippen LogP contribution < -0.4 is 9.64 Å². The van der Waals surface area contributed by atoms with Crippen LogP contribution >= 0.6 is 0 Å². The van der Waals surface area contributed by atoms with Crippen LogP contribution in [0.25, 0.3) is 0 Å². The van der Waals surface area contributed by atoms with Gasteiger partial charge in [-0.15, -0.1) is 0 Å². The van der Waals surface area contributed by atoms with Crippen LogP contribution in [0.2, 0.25) is 0 Å². The van der Waals surface area contributed by atoms with E-state index in [9.17, 15) is 20.0 Å². The van der Waals surface area contributed by atoms with Crippen molar-refractivity contribution in [3.8, 4) is 5.75 Å². The molecule has 1 amide bonds. The van der Waals surface area contributed by atoms with Crippen molar-refractivity contribution in [3.05, 3.63) is 34.4 Å². The summed E-state index contributed by atoms with van der Waals surface area (Å²) in [5, 5.41) is 21.6. The molecule has 0 bridgehead atoms. The standard InChI is InChI=1S/C16H20N2O7/c1-15(2)24-8-12(25-15)13-16(20,9-17(21)22)14(19)18(13)10-4-6-11(23-3)7-5-10/h4-7,12-13,20H,8-9H2,1-3H3/t12-,13+,16-/m1/s1. The van der Waals surface area contributed by atoms with Gasteiger partial charge in [0, 0.05) is 10.6 Å². The Labute approximate surface area is 144 Å². The summed E-state index contributed by atoms with van der Waals surface area (Å²) in [4.78, 5) is 24.1. The molecule has 1 N–H and O–H groups in total. The largest absolute Gasteiger partial charge is 0.497 e. The molecule has 0 aromatic heterocycles. The summed E-state index contributed by atoms with van der Waals surface area (Å²) in [6.07, 6.45) is -0.681. The van der Waals surface area contributed by atoms with E-state index in [0.29, 0.717) is 11.4 Å². The summed E-state index contributed by atoms with van der Waals surface area (Å²) >= 11 is 0. The van der Waals surface area contributed by atoms with E-state index in [1.807, 2.05) is 0 Å². The molecular formula is C16H20N2O7. The Bertz CT molecular complexity index is 690. The Hall–Kier alpha value is -2.23. The molecule has 2 aliphatic heterocycles. The minimum atomic E-state index is -2.13. The van der Waals surface area contributed by atoms with Gasteiger partial charge in [-0.05, 0) is 38.1 Å². The predicted molar refractivity (Wildman–Crippen MR) is 86.0 cm³/mol. The lowest BCUT2D eigenvalue weighted by atomic mass is 9.78. The number of amides is 1. The van der Waals surface area contributed by atoms with Gasteiger partial charge in [-0.2, -0.15) is 0 Å². The maximum Gasteiger partial charge on any atom is 0.268 e. The van der Waals surface area contributed by atoms with Crippen LogP contribution in [0.15, 0.2) is 24.3 Å². The van der Waals surface area contributed by atoms with Crippen molar-refractivity contribution in [2.75, 3.05) is 25.2 Å². The minimum Gasteiger partial charge on any atom is -0.497 e. The van der Waals surface area contributed by atoms with E-state index in [4.69, 9.17) is 14.2 Å². The highest BCUT2D eigenvalue weighted by atomic mass is 16.7. The van der Waals surface area contributed by atoms with Gasteiger partial charge in [-0.25, -0.2) is 0 Å². The number of rotatable bonds is 5. The molecule has 1 aromatic carbocycles. The molecule has 0 radical (unpaired) electrons. The Kier molecular flexibility index (Phi) is 4.18. The van der Waals surface area contributed by atoms with E-state index in [0.717, 1.165) is 0 Å². The molecule has 1 aromatic rings. The van der Waals surface area contributed by atoms with Crippen molar-refractivity contribution in [2.24, 2.45) is 0 Å². The average Bonchev–Trinajstić information content (AvgIpc) is 2.90. The number of carbonyl (C=O) groups excluding carboxylic acids is 1. The highest BCUT2D eigenvalue weighted by molar-refractivity contribution is 6.08. The van der Waals surface area contributed by atoms with Crippen molar-refractivity contribution in [3.63, 3.8) is 0 Å². The van der Waals surface area contributed by atoms with Crippen molar-refractivity contribution in [2.45, 2.75) is 37.4 Å². The molecule has 2 aliphatic rings. The van der Waals surface area contributed by atoms with Crippen LogP contribution in [-0.2, 0) is 14.3 Å². The van der Waals surface area contributed by atoms with Gasteiger partial charge in [-0.3, -0.25) is 14.9 Å². The third kappa shape index (κ3) is 2.94. The molecule has 9 nitrogen and oxygen atoms in total. The number of ether oxygens (including phenoxy) is 3. The van der Waals surface area contributed by atoms with Gasteiger partial charge in [-0.1, -0.05) is 0 Å². The molecule has 0 unspecified atom stereocenters. The van der Waals surface area contributed by atoms with E-state index in [2.05, 4.69) is 0 Å². The third-order valence-corrected chi connectivity index (χ3v) is 4.46. The minimum absolute atomic E-state index is 0.123. The van der Waals surface area contributed by atoms with E-state index in [1.165, 1.54) is 12.0 Å². The topological polar surface area (TPSA) is 111 Å². The van der Waals surface area contributed by atoms with Crippen LogP contribution in [0.1, 0.15) is 13.8 Å². The van der Waals surface area contributed by atoms with Crippen LogP contribution in [0.4, 0.5) is 5.69 Å². The first-order chi connectivity index (χ1) is 11.7. The Balaban J connectivity index is 1.93. The molecular weight excluding hydrogens is 332 g/mol. The summed E-state index contributed by atoms with van der Waals surface area (Å²) in [6.45, 7) is 2.65. The van der Waals surface area contributed by atoms with E-state index < -0.39 is 40.9 Å². The van der Waals surface area contributed by atoms with Crippen LogP contribution in [0.5, 0.6) is 5.75 Å². The number of hydrogen-bond acceptors (Lipinski definition) is 7. The smallest absolute Gasteiger partial charge is 0.268 e. The van der Waals surface area contributed by atoms with Crippen LogP contribution in [-0.4, -0.2) is 59.7 Å². The third-order valence-electron chi connectivity index (χ3n) is 4.46. The number of β-lactam (4-membered cyclic amide) rings is 1. The van der Waals surface area contributed by atoms with E-state index >= 15 is 0 Å². The molecule has 3 atom stereocenters. The van der Waals surface area contributed by atoms with Crippen molar-refractivity contribution in [1.29, 1.82) is 0 Å². The average molecular weight is 352 g/mol. The SMILES string of the molecule is COc1ccc(N2C(=O)[C@@](O)(C[N+](=O)[O-])[C@@H]2[C@H]2COC(C)(C)O2)cc1. The molecule has 0 spiro atoms. The second-order valence-corrected chi connectivity index (χ2v) is 6.60. The number of carbonyl (C=O) groups is 1. The number of hydrogen-bond donors (Lipinski definition) is 1. The lowest BCUT2D eigenvalue weighted by Crippen LogP contribution is -2.80. The zero-order valence-electron chi connectivity index (χ0n) is 14.2. The zero-order chi connectivity index (χ0) is 18.4. The molecule has 136 valence electrons. The second-order valence-electron chi connectivity index (χ2n) is 6.60. The first-order valence-corrected chi connectivity index (χ1v) is 7.81. The number of methoxy groups -OCH3 is 1. The number of nitrogens with zero attached hydrogens (tertiary/aromatic N) is 2. The van der Waals surface area contributed by atoms with E-state index in [-0.39, 0.29) is 6.61 Å². The van der Waals surface area contributed by atoms with Gasteiger partial charge < -0.3 is 24.2 Å². The highest BCUT2D eigenvalue weighted by Crippen LogP contribution is 2.42. The normalized spacial score (nSPS) is 30.9. The molecule has 0 saturated carbocycles. The Morgan fingerprint density at radius 3 is 2.52 bits per heavy atom. The van der Waals surface area contributed by atoms with Gasteiger partial charge in [0.15, 0.2) is 5.79 Å². The summed E-state index contributed by atoms with van der Waals surface area (Å²) in [5.41, 5.74) is -1.63. The monoisotopic (exact) mass is 352 g/mol. The Morgan fingerprint density at radius 2 is 2.04 bits per heavy atom. The summed E-state index contributed by atoms with van der Waals surface area (Å²) < 4.78 is 16.3. The maximum atomic E-state index is 12.5. The molecule has 25 heavy (non-hydrogen) atoms. The first kappa shape index (κ1) is 17.6. The summed E-state index contributed by atoms with van der Waals surface area (Å²) in [5.74, 6) is -1.01. The summed E-state index contributed by atoms with van der Waals surface area (Å²) in [6, 6.07) is 5.72. The van der Waals surface area contributed by atoms with Crippen molar-refractivity contribution < 1.29 is 29.0 Å². The molecule has 2 heterocycles. The zero-order valence-corrected chi connectivity index (χ0v) is 14.2. The number of nitro groups is 1. The number of benzene rings is 1. The number of anilines is 1. The van der Waals surface area contributed by atoms with Crippen molar-refractivity contribution in [1.82, 2.24) is 0 Å².